The normalized spacial score (nSPS) is 25.2. The molecule has 1 N–H and O–H groups in total. The number of thiocarbonyl (C=S) groups is 1. The molecule has 2 aromatic carbocycles. The second-order valence-electron chi connectivity index (χ2n) is 6.86. The van der Waals surface area contributed by atoms with Crippen molar-refractivity contribution in [3.63, 3.8) is 0 Å². The average Bonchev–Trinajstić information content (AvgIpc) is 2.68. The number of para-hydroxylation sites is 2. The van der Waals surface area contributed by atoms with E-state index in [1.54, 1.807) is 14.0 Å². The van der Waals surface area contributed by atoms with Crippen molar-refractivity contribution in [1.29, 1.82) is 0 Å². The fourth-order valence-corrected chi connectivity index (χ4v) is 4.50. The van der Waals surface area contributed by atoms with Crippen LogP contribution in [-0.4, -0.2) is 30.5 Å². The van der Waals surface area contributed by atoms with Gasteiger partial charge in [0.05, 0.1) is 19.8 Å². The molecule has 0 aromatic heterocycles. The quantitative estimate of drug-likeness (QED) is 0.625. The van der Waals surface area contributed by atoms with Gasteiger partial charge in [0.25, 0.3) is 0 Å². The smallest absolute Gasteiger partial charge is 0.317 e. The van der Waals surface area contributed by atoms with Crippen molar-refractivity contribution in [2.75, 3.05) is 18.6 Å². The summed E-state index contributed by atoms with van der Waals surface area (Å²) < 4.78 is 17.4. The first-order chi connectivity index (χ1) is 13.5. The summed E-state index contributed by atoms with van der Waals surface area (Å²) in [5.74, 6) is 0.256. The Hall–Kier alpha value is -2.80. The minimum absolute atomic E-state index is 0.291. The van der Waals surface area contributed by atoms with Crippen LogP contribution in [0.4, 0.5) is 5.69 Å². The van der Waals surface area contributed by atoms with Gasteiger partial charge in [0, 0.05) is 11.3 Å². The molecule has 0 radical (unpaired) electrons. The molecule has 4 rings (SSSR count). The van der Waals surface area contributed by atoms with Gasteiger partial charge in [-0.05, 0) is 44.3 Å². The number of anilines is 1. The molecule has 0 unspecified atom stereocenters. The van der Waals surface area contributed by atoms with E-state index in [-0.39, 0.29) is 12.0 Å². The minimum atomic E-state index is -1.08. The molecule has 7 heteroatoms. The maximum atomic E-state index is 13.0. The Morgan fingerprint density at radius 3 is 2.68 bits per heavy atom. The number of ether oxygens (including phenoxy) is 3. The number of carbonyl (C=O) groups is 1. The molecule has 0 aliphatic carbocycles. The fraction of sp³-hybridized carbons (Fsp3) is 0.333. The van der Waals surface area contributed by atoms with Gasteiger partial charge in [0.15, 0.2) is 16.6 Å². The molecule has 2 aromatic rings. The number of esters is 1. The van der Waals surface area contributed by atoms with Crippen LogP contribution in [0.5, 0.6) is 11.5 Å². The van der Waals surface area contributed by atoms with E-state index < -0.39 is 11.6 Å². The number of fused-ring (bicyclic) bond motifs is 4. The van der Waals surface area contributed by atoms with E-state index in [4.69, 9.17) is 26.4 Å². The van der Waals surface area contributed by atoms with Crippen LogP contribution in [-0.2, 0) is 9.53 Å². The lowest BCUT2D eigenvalue weighted by molar-refractivity contribution is -0.159. The summed E-state index contributed by atoms with van der Waals surface area (Å²) in [5, 5.41) is 3.83. The number of methoxy groups -OCH3 is 1. The molecule has 0 saturated carbocycles. The Morgan fingerprint density at radius 2 is 2.00 bits per heavy atom. The van der Waals surface area contributed by atoms with Crippen LogP contribution < -0.4 is 19.7 Å². The highest BCUT2D eigenvalue weighted by molar-refractivity contribution is 7.80. The van der Waals surface area contributed by atoms with Gasteiger partial charge >= 0.3 is 5.97 Å². The number of hydrogen-bond donors (Lipinski definition) is 1. The van der Waals surface area contributed by atoms with Crippen molar-refractivity contribution in [1.82, 2.24) is 5.32 Å². The van der Waals surface area contributed by atoms with Crippen LogP contribution in [0.15, 0.2) is 48.5 Å². The summed E-state index contributed by atoms with van der Waals surface area (Å²) in [6.07, 6.45) is 0. The van der Waals surface area contributed by atoms with Gasteiger partial charge in [-0.15, -0.1) is 0 Å². The summed E-state index contributed by atoms with van der Waals surface area (Å²) in [6.45, 7) is 3.96. The van der Waals surface area contributed by atoms with E-state index in [0.29, 0.717) is 23.2 Å². The van der Waals surface area contributed by atoms with Gasteiger partial charge < -0.3 is 19.5 Å². The van der Waals surface area contributed by atoms with Crippen molar-refractivity contribution in [3.05, 3.63) is 54.1 Å². The molecule has 146 valence electrons. The number of rotatable bonds is 4. The summed E-state index contributed by atoms with van der Waals surface area (Å²) in [7, 11) is 1.60. The topological polar surface area (TPSA) is 60.0 Å². The zero-order valence-electron chi connectivity index (χ0n) is 16.0. The van der Waals surface area contributed by atoms with Crippen molar-refractivity contribution < 1.29 is 19.0 Å². The van der Waals surface area contributed by atoms with Gasteiger partial charge in [-0.1, -0.05) is 30.3 Å². The van der Waals surface area contributed by atoms with Crippen molar-refractivity contribution in [2.24, 2.45) is 5.92 Å². The molecule has 28 heavy (non-hydrogen) atoms. The number of benzene rings is 2. The van der Waals surface area contributed by atoms with Gasteiger partial charge in [-0.25, -0.2) is 0 Å². The molecule has 2 heterocycles. The number of hydrogen-bond acceptors (Lipinski definition) is 5. The van der Waals surface area contributed by atoms with Crippen LogP contribution in [0, 0.1) is 5.92 Å². The summed E-state index contributed by atoms with van der Waals surface area (Å²) in [6, 6.07) is 14.9. The van der Waals surface area contributed by atoms with E-state index in [0.717, 1.165) is 11.3 Å². The molecule has 6 nitrogen and oxygen atoms in total. The van der Waals surface area contributed by atoms with Crippen molar-refractivity contribution >= 4 is 29.0 Å². The summed E-state index contributed by atoms with van der Waals surface area (Å²) >= 11 is 5.68. The van der Waals surface area contributed by atoms with E-state index in [2.05, 4.69) is 5.32 Å². The molecule has 1 saturated heterocycles. The molecule has 0 spiro atoms. The first-order valence-corrected chi connectivity index (χ1v) is 9.60. The zero-order valence-corrected chi connectivity index (χ0v) is 16.8. The Labute approximate surface area is 169 Å². The molecule has 2 bridgehead atoms. The molecule has 1 fully saturated rings. The fourth-order valence-electron chi connectivity index (χ4n) is 4.09. The minimum Gasteiger partial charge on any atom is -0.493 e. The Morgan fingerprint density at radius 1 is 1.25 bits per heavy atom. The highest BCUT2D eigenvalue weighted by Gasteiger charge is 2.60. The molecule has 0 amide bonds. The average molecular weight is 398 g/mol. The van der Waals surface area contributed by atoms with E-state index in [1.807, 2.05) is 60.4 Å². The zero-order chi connectivity index (χ0) is 19.9. The van der Waals surface area contributed by atoms with Crippen LogP contribution in [0.1, 0.15) is 25.5 Å². The Balaban J connectivity index is 1.92. The first-order valence-electron chi connectivity index (χ1n) is 9.19. The number of carbonyl (C=O) groups excluding carboxylic acids is 1. The number of nitrogens with one attached hydrogen (secondary N) is 1. The largest absolute Gasteiger partial charge is 0.493 e. The van der Waals surface area contributed by atoms with Crippen molar-refractivity contribution in [2.45, 2.75) is 25.6 Å². The van der Waals surface area contributed by atoms with Gasteiger partial charge in [-0.2, -0.15) is 0 Å². The monoisotopic (exact) mass is 398 g/mol. The second kappa shape index (κ2) is 6.98. The maximum Gasteiger partial charge on any atom is 0.317 e. The second-order valence-corrected chi connectivity index (χ2v) is 7.25. The van der Waals surface area contributed by atoms with Gasteiger partial charge in [0.1, 0.15) is 5.92 Å². The van der Waals surface area contributed by atoms with Gasteiger partial charge in [-0.3, -0.25) is 9.69 Å². The predicted octanol–water partition coefficient (Wildman–Crippen LogP) is 3.42. The molecule has 2 aliphatic heterocycles. The standard InChI is InChI=1S/C21H22N2O4S/c1-4-26-19(24)16-17-14-11-8-12-15(25-3)18(14)27-21(16,2)23(20(28)22-17)13-9-6-5-7-10-13/h5-12,16-17H,4H2,1-3H3,(H,22,28)/t16-,17+,21+/m1/s1. The van der Waals surface area contributed by atoms with Crippen molar-refractivity contribution in [3.8, 4) is 11.5 Å². The van der Waals surface area contributed by atoms with Gasteiger partial charge in [0.2, 0.25) is 5.72 Å². The summed E-state index contributed by atoms with van der Waals surface area (Å²) in [4.78, 5) is 14.9. The van der Waals surface area contributed by atoms with Crippen LogP contribution in [0.2, 0.25) is 0 Å². The highest BCUT2D eigenvalue weighted by atomic mass is 32.1. The van der Waals surface area contributed by atoms with E-state index in [9.17, 15) is 4.79 Å². The lowest BCUT2D eigenvalue weighted by atomic mass is 9.79. The SMILES string of the molecule is CCOC(=O)[C@H]1[C@H]2NC(=S)N(c3ccccc3)[C@@]1(C)Oc1c(OC)cccc12. The third-order valence-electron chi connectivity index (χ3n) is 5.26. The van der Waals surface area contributed by atoms with Crippen LogP contribution >= 0.6 is 12.2 Å². The molecular formula is C21H22N2O4S. The summed E-state index contributed by atoms with van der Waals surface area (Å²) in [5.41, 5.74) is 0.570. The molecule has 3 atom stereocenters. The lowest BCUT2D eigenvalue weighted by Crippen LogP contribution is -2.71. The molecular weight excluding hydrogens is 376 g/mol. The Kier molecular flexibility index (Phi) is 4.63. The maximum absolute atomic E-state index is 13.0. The lowest BCUT2D eigenvalue weighted by Gasteiger charge is -2.55. The first kappa shape index (κ1) is 18.6. The highest BCUT2D eigenvalue weighted by Crippen LogP contribution is 2.52. The third-order valence-corrected chi connectivity index (χ3v) is 5.56. The molecule has 2 aliphatic rings. The van der Waals surface area contributed by atoms with E-state index in [1.165, 1.54) is 0 Å². The Bertz CT molecular complexity index is 920. The third kappa shape index (κ3) is 2.69. The van der Waals surface area contributed by atoms with Crippen LogP contribution in [0.25, 0.3) is 0 Å². The predicted molar refractivity (Wildman–Crippen MR) is 110 cm³/mol. The van der Waals surface area contributed by atoms with Crippen LogP contribution in [0.3, 0.4) is 0 Å². The number of nitrogens with zero attached hydrogens (tertiary/aromatic N) is 1. The van der Waals surface area contributed by atoms with E-state index >= 15 is 0 Å².